The minimum Gasteiger partial charge on any atom is -0.311 e. The van der Waals surface area contributed by atoms with Gasteiger partial charge in [0.1, 0.15) is 0 Å². The second kappa shape index (κ2) is 9.44. The first kappa shape index (κ1) is 20.0. The van der Waals surface area contributed by atoms with Crippen molar-refractivity contribution in [1.29, 1.82) is 0 Å². The molecule has 0 aliphatic rings. The van der Waals surface area contributed by atoms with Crippen molar-refractivity contribution in [3.05, 3.63) is 96.6 Å². The Morgan fingerprint density at radius 1 is 0.741 bits per heavy atom. The number of benzene rings is 3. The first-order valence-electron chi connectivity index (χ1n) is 8.82. The van der Waals surface area contributed by atoms with Crippen LogP contribution in [0, 0.1) is 0 Å². The van der Waals surface area contributed by atoms with Crippen LogP contribution in [0.4, 0.5) is 0 Å². The maximum absolute atomic E-state index is 13.6. The summed E-state index contributed by atoms with van der Waals surface area (Å²) in [7, 11) is -1.31. The normalized spacial score (nSPS) is 12.9. The molecule has 3 aromatic carbocycles. The van der Waals surface area contributed by atoms with Crippen molar-refractivity contribution in [3.63, 3.8) is 0 Å². The highest BCUT2D eigenvalue weighted by atomic mass is 31.2. The molecule has 0 bridgehead atoms. The smallest absolute Gasteiger partial charge is 0.311 e. The van der Waals surface area contributed by atoms with E-state index in [9.17, 15) is 4.57 Å². The van der Waals surface area contributed by atoms with E-state index in [1.54, 1.807) is 0 Å². The fourth-order valence-electron chi connectivity index (χ4n) is 3.16. The highest BCUT2D eigenvalue weighted by Gasteiger charge is 2.41. The maximum atomic E-state index is 13.6. The molecule has 0 spiro atoms. The Balaban J connectivity index is 2.14. The molecular weight excluding hydrogens is 374 g/mol. The standard InChI is InChI=1S/C22H24O3P2/c1-24-27(23,25-2)22(18-19-12-6-3-7-13-19)26(20-14-8-4-9-15-20)21-16-10-5-11-17-21/h3-17,22H,18H2,1-2H3. The Morgan fingerprint density at radius 3 is 1.56 bits per heavy atom. The molecule has 3 aromatic rings. The van der Waals surface area contributed by atoms with Crippen LogP contribution in [-0.4, -0.2) is 19.6 Å². The molecule has 0 saturated heterocycles. The van der Waals surface area contributed by atoms with Crippen molar-refractivity contribution in [2.45, 2.75) is 11.8 Å². The number of rotatable bonds is 8. The monoisotopic (exact) mass is 398 g/mol. The van der Waals surface area contributed by atoms with Crippen LogP contribution in [-0.2, 0) is 20.0 Å². The van der Waals surface area contributed by atoms with Gasteiger partial charge in [-0.1, -0.05) is 91.0 Å². The van der Waals surface area contributed by atoms with Gasteiger partial charge >= 0.3 is 7.60 Å². The van der Waals surface area contributed by atoms with Gasteiger partial charge in [0.15, 0.2) is 0 Å². The highest BCUT2D eigenvalue weighted by molar-refractivity contribution is 7.83. The molecule has 1 unspecified atom stereocenters. The average molecular weight is 398 g/mol. The lowest BCUT2D eigenvalue weighted by Crippen LogP contribution is -2.25. The van der Waals surface area contributed by atoms with Crippen LogP contribution in [0.5, 0.6) is 0 Å². The topological polar surface area (TPSA) is 35.5 Å². The van der Waals surface area contributed by atoms with E-state index < -0.39 is 15.5 Å². The van der Waals surface area contributed by atoms with E-state index in [-0.39, 0.29) is 5.40 Å². The summed E-state index contributed by atoms with van der Waals surface area (Å²) in [5.41, 5.74) is 1.12. The summed E-state index contributed by atoms with van der Waals surface area (Å²) in [5.74, 6) is 0. The van der Waals surface area contributed by atoms with Crippen LogP contribution in [0.3, 0.4) is 0 Å². The fourth-order valence-corrected chi connectivity index (χ4v) is 9.09. The molecule has 0 saturated carbocycles. The Hall–Kier alpha value is -1.76. The van der Waals surface area contributed by atoms with Crippen molar-refractivity contribution in [2.75, 3.05) is 14.2 Å². The molecule has 0 amide bonds. The zero-order valence-electron chi connectivity index (χ0n) is 15.6. The molecule has 0 N–H and O–H groups in total. The van der Waals surface area contributed by atoms with Crippen LogP contribution in [0.1, 0.15) is 5.56 Å². The molecule has 3 rings (SSSR count). The summed E-state index contributed by atoms with van der Waals surface area (Å²) in [6, 6.07) is 30.6. The molecule has 140 valence electrons. The predicted octanol–water partition coefficient (Wildman–Crippen LogP) is 5.17. The van der Waals surface area contributed by atoms with Crippen LogP contribution in [0.25, 0.3) is 0 Å². The van der Waals surface area contributed by atoms with Gasteiger partial charge in [0, 0.05) is 14.2 Å². The van der Waals surface area contributed by atoms with E-state index in [0.29, 0.717) is 6.42 Å². The molecule has 0 aromatic heterocycles. The minimum absolute atomic E-state index is 0.283. The predicted molar refractivity (Wildman–Crippen MR) is 115 cm³/mol. The third kappa shape index (κ3) is 4.75. The van der Waals surface area contributed by atoms with Crippen LogP contribution in [0.15, 0.2) is 91.0 Å². The zero-order valence-corrected chi connectivity index (χ0v) is 17.4. The first-order valence-corrected chi connectivity index (χ1v) is 11.8. The third-order valence-corrected chi connectivity index (χ3v) is 10.5. The Morgan fingerprint density at radius 2 is 1.15 bits per heavy atom. The molecule has 1 atom stereocenters. The average Bonchev–Trinajstić information content (AvgIpc) is 2.75. The summed E-state index contributed by atoms with van der Waals surface area (Å²) < 4.78 is 24.6. The summed E-state index contributed by atoms with van der Waals surface area (Å²) in [4.78, 5) is 0. The van der Waals surface area contributed by atoms with E-state index in [2.05, 4.69) is 36.4 Å². The van der Waals surface area contributed by atoms with E-state index >= 15 is 0 Å². The van der Waals surface area contributed by atoms with Gasteiger partial charge < -0.3 is 9.05 Å². The van der Waals surface area contributed by atoms with Gasteiger partial charge in [-0.05, 0) is 30.5 Å². The second-order valence-electron chi connectivity index (χ2n) is 6.12. The summed E-state index contributed by atoms with van der Waals surface area (Å²) >= 11 is 0. The van der Waals surface area contributed by atoms with Gasteiger partial charge in [-0.15, -0.1) is 0 Å². The quantitative estimate of drug-likeness (QED) is 0.491. The van der Waals surface area contributed by atoms with Crippen molar-refractivity contribution >= 4 is 26.1 Å². The van der Waals surface area contributed by atoms with Crippen LogP contribution in [0.2, 0.25) is 0 Å². The van der Waals surface area contributed by atoms with Gasteiger partial charge in [0.05, 0.1) is 5.40 Å². The Kier molecular flexibility index (Phi) is 6.99. The third-order valence-electron chi connectivity index (χ3n) is 4.50. The first-order chi connectivity index (χ1) is 13.2. The van der Waals surface area contributed by atoms with E-state index in [4.69, 9.17) is 9.05 Å². The van der Waals surface area contributed by atoms with Crippen molar-refractivity contribution < 1.29 is 13.6 Å². The molecule has 0 aliphatic carbocycles. The van der Waals surface area contributed by atoms with Gasteiger partial charge in [0.2, 0.25) is 0 Å². The molecule has 0 fully saturated rings. The minimum atomic E-state index is -3.31. The summed E-state index contributed by atoms with van der Waals surface area (Å²) in [6.45, 7) is 0. The summed E-state index contributed by atoms with van der Waals surface area (Å²) in [5, 5.41) is 2.04. The van der Waals surface area contributed by atoms with Crippen molar-refractivity contribution in [2.24, 2.45) is 0 Å². The maximum Gasteiger partial charge on any atom is 0.338 e. The van der Waals surface area contributed by atoms with Crippen LogP contribution >= 0.6 is 15.5 Å². The summed E-state index contributed by atoms with van der Waals surface area (Å²) in [6.07, 6.45) is 0.620. The van der Waals surface area contributed by atoms with E-state index in [0.717, 1.165) is 16.2 Å². The largest absolute Gasteiger partial charge is 0.338 e. The van der Waals surface area contributed by atoms with Gasteiger partial charge in [-0.3, -0.25) is 4.57 Å². The fraction of sp³-hybridized carbons (Fsp3) is 0.182. The van der Waals surface area contributed by atoms with Gasteiger partial charge in [-0.25, -0.2) is 0 Å². The molecular formula is C22H24O3P2. The van der Waals surface area contributed by atoms with E-state index in [1.165, 1.54) is 14.2 Å². The van der Waals surface area contributed by atoms with Crippen LogP contribution < -0.4 is 10.6 Å². The lowest BCUT2D eigenvalue weighted by atomic mass is 10.2. The zero-order chi connectivity index (χ0) is 19.1. The Labute approximate surface area is 162 Å². The van der Waals surface area contributed by atoms with Gasteiger partial charge in [0.25, 0.3) is 0 Å². The van der Waals surface area contributed by atoms with Crippen molar-refractivity contribution in [1.82, 2.24) is 0 Å². The SMILES string of the molecule is COP(=O)(OC)C(Cc1ccccc1)P(c1ccccc1)c1ccccc1. The molecule has 3 nitrogen and oxygen atoms in total. The van der Waals surface area contributed by atoms with Crippen molar-refractivity contribution in [3.8, 4) is 0 Å². The number of hydrogen-bond acceptors (Lipinski definition) is 3. The Bertz CT molecular complexity index is 822. The molecule has 27 heavy (non-hydrogen) atoms. The molecule has 0 heterocycles. The lowest BCUT2D eigenvalue weighted by Gasteiger charge is -2.32. The second-order valence-corrected chi connectivity index (χ2v) is 11.4. The number of hydrogen-bond donors (Lipinski definition) is 0. The molecule has 0 aliphatic heterocycles. The van der Waals surface area contributed by atoms with Gasteiger partial charge in [-0.2, -0.15) is 0 Å². The van der Waals surface area contributed by atoms with E-state index in [1.807, 2.05) is 54.6 Å². The molecule has 0 radical (unpaired) electrons. The molecule has 5 heteroatoms. The highest BCUT2D eigenvalue weighted by Crippen LogP contribution is 2.64. The lowest BCUT2D eigenvalue weighted by molar-refractivity contribution is 0.273.